The number of hydrogen-bond donors (Lipinski definition) is 2. The minimum Gasteiger partial charge on any atom is -0.324 e. The van der Waals surface area contributed by atoms with Crippen molar-refractivity contribution in [3.05, 3.63) is 0 Å². The Morgan fingerprint density at radius 1 is 1.56 bits per heavy atom. The van der Waals surface area contributed by atoms with Gasteiger partial charge in [-0.15, -0.1) is 12.3 Å². The Morgan fingerprint density at radius 2 is 2.11 bits per heavy atom. The van der Waals surface area contributed by atoms with E-state index in [-0.39, 0.29) is 6.16 Å². The molecule has 0 radical (unpaired) electrons. The van der Waals surface area contributed by atoms with Crippen molar-refractivity contribution < 1.29 is 14.4 Å². The Morgan fingerprint density at radius 3 is 2.44 bits per heavy atom. The van der Waals surface area contributed by atoms with Gasteiger partial charge in [0, 0.05) is 6.42 Å². The van der Waals surface area contributed by atoms with Crippen molar-refractivity contribution in [1.82, 2.24) is 0 Å². The molecule has 0 aromatic heterocycles. The molecule has 3 nitrogen and oxygen atoms in total. The van der Waals surface area contributed by atoms with E-state index < -0.39 is 7.60 Å². The number of rotatable bonds is 3. The third-order valence-electron chi connectivity index (χ3n) is 0.771. The summed E-state index contributed by atoms with van der Waals surface area (Å²) in [5.74, 6) is 2.30. The molecule has 2 N–H and O–H groups in total. The van der Waals surface area contributed by atoms with Crippen LogP contribution >= 0.6 is 7.60 Å². The third-order valence-corrected chi connectivity index (χ3v) is 1.67. The molecule has 0 aliphatic heterocycles. The van der Waals surface area contributed by atoms with Crippen LogP contribution in [-0.2, 0) is 4.57 Å². The lowest BCUT2D eigenvalue weighted by Crippen LogP contribution is -1.85. The molecule has 0 amide bonds. The molecule has 0 aliphatic rings. The van der Waals surface area contributed by atoms with E-state index in [2.05, 4.69) is 5.92 Å². The van der Waals surface area contributed by atoms with Crippen LogP contribution in [0.4, 0.5) is 0 Å². The molecule has 52 valence electrons. The van der Waals surface area contributed by atoms with Crippen LogP contribution in [-0.4, -0.2) is 15.9 Å². The summed E-state index contributed by atoms with van der Waals surface area (Å²) in [7, 11) is -3.79. The second-order valence-corrected chi connectivity index (χ2v) is 3.47. The normalized spacial score (nSPS) is 10.8. The lowest BCUT2D eigenvalue weighted by atomic mass is 10.4. The van der Waals surface area contributed by atoms with Gasteiger partial charge in [0.1, 0.15) is 0 Å². The average Bonchev–Trinajstić information content (AvgIpc) is 1.63. The topological polar surface area (TPSA) is 57.5 Å². The SMILES string of the molecule is C#CCCCP(=O)(O)O. The van der Waals surface area contributed by atoms with Crippen molar-refractivity contribution in [1.29, 1.82) is 0 Å². The van der Waals surface area contributed by atoms with Crippen LogP contribution in [0.2, 0.25) is 0 Å². The summed E-state index contributed by atoms with van der Waals surface area (Å²) < 4.78 is 10.1. The Bertz CT molecular complexity index is 152. The van der Waals surface area contributed by atoms with Crippen molar-refractivity contribution in [3.8, 4) is 12.3 Å². The van der Waals surface area contributed by atoms with Crippen LogP contribution < -0.4 is 0 Å². The van der Waals surface area contributed by atoms with E-state index in [1.54, 1.807) is 0 Å². The lowest BCUT2D eigenvalue weighted by Gasteiger charge is -1.98. The zero-order chi connectivity index (χ0) is 7.33. The minimum atomic E-state index is -3.79. The molecule has 0 spiro atoms. The Balaban J connectivity index is 3.32. The highest BCUT2D eigenvalue weighted by Gasteiger charge is 2.10. The maximum atomic E-state index is 10.1. The Hall–Kier alpha value is -0.290. The van der Waals surface area contributed by atoms with Crippen LogP contribution in [0.25, 0.3) is 0 Å². The van der Waals surface area contributed by atoms with E-state index in [0.29, 0.717) is 12.8 Å². The van der Waals surface area contributed by atoms with Crippen molar-refractivity contribution in [2.45, 2.75) is 12.8 Å². The molecule has 0 saturated heterocycles. The maximum absolute atomic E-state index is 10.1. The summed E-state index contributed by atoms with van der Waals surface area (Å²) in [5.41, 5.74) is 0. The van der Waals surface area contributed by atoms with Crippen LogP contribution in [0, 0.1) is 12.3 Å². The number of unbranched alkanes of at least 4 members (excludes halogenated alkanes) is 1. The standard InChI is InChI=1S/C5H9O3P/c1-2-3-4-5-9(6,7)8/h1H,3-5H2,(H2,6,7,8). The van der Waals surface area contributed by atoms with Gasteiger partial charge in [0.2, 0.25) is 0 Å². The predicted octanol–water partition coefficient (Wildman–Crippen LogP) is 0.577. The molecule has 0 heterocycles. The molecule has 0 unspecified atom stereocenters. The first-order valence-corrected chi connectivity index (χ1v) is 4.34. The van der Waals surface area contributed by atoms with Crippen molar-refractivity contribution in [3.63, 3.8) is 0 Å². The highest BCUT2D eigenvalue weighted by Crippen LogP contribution is 2.34. The Kier molecular flexibility index (Phi) is 3.56. The molecule has 0 aliphatic carbocycles. The smallest absolute Gasteiger partial charge is 0.324 e. The van der Waals surface area contributed by atoms with E-state index in [4.69, 9.17) is 16.2 Å². The van der Waals surface area contributed by atoms with Gasteiger partial charge in [-0.25, -0.2) is 0 Å². The van der Waals surface area contributed by atoms with Crippen LogP contribution in [0.15, 0.2) is 0 Å². The fourth-order valence-electron chi connectivity index (χ4n) is 0.387. The quantitative estimate of drug-likeness (QED) is 0.349. The molecule has 0 aromatic carbocycles. The van der Waals surface area contributed by atoms with E-state index in [1.165, 1.54) is 0 Å². The van der Waals surface area contributed by atoms with Gasteiger partial charge in [-0.3, -0.25) is 4.57 Å². The van der Waals surface area contributed by atoms with Crippen molar-refractivity contribution >= 4 is 7.60 Å². The molecule has 0 atom stereocenters. The van der Waals surface area contributed by atoms with Gasteiger partial charge in [0.25, 0.3) is 0 Å². The van der Waals surface area contributed by atoms with Gasteiger partial charge >= 0.3 is 7.60 Å². The third kappa shape index (κ3) is 7.71. The van der Waals surface area contributed by atoms with E-state index in [1.807, 2.05) is 0 Å². The van der Waals surface area contributed by atoms with Crippen LogP contribution in [0.1, 0.15) is 12.8 Å². The molecule has 4 heteroatoms. The minimum absolute atomic E-state index is 0.100. The van der Waals surface area contributed by atoms with Crippen molar-refractivity contribution in [2.24, 2.45) is 0 Å². The summed E-state index contributed by atoms with van der Waals surface area (Å²) in [5, 5.41) is 0. The molecule has 9 heavy (non-hydrogen) atoms. The summed E-state index contributed by atoms with van der Waals surface area (Å²) in [6.07, 6.45) is 5.59. The monoisotopic (exact) mass is 148 g/mol. The number of hydrogen-bond acceptors (Lipinski definition) is 1. The average molecular weight is 148 g/mol. The Labute approximate surface area is 54.2 Å². The molecule has 0 bridgehead atoms. The van der Waals surface area contributed by atoms with E-state index in [0.717, 1.165) is 0 Å². The maximum Gasteiger partial charge on any atom is 0.325 e. The molecular weight excluding hydrogens is 139 g/mol. The fraction of sp³-hybridized carbons (Fsp3) is 0.600. The summed E-state index contributed by atoms with van der Waals surface area (Å²) in [6.45, 7) is 0. The van der Waals surface area contributed by atoms with Gasteiger partial charge in [-0.2, -0.15) is 0 Å². The lowest BCUT2D eigenvalue weighted by molar-refractivity contribution is 0.372. The van der Waals surface area contributed by atoms with Gasteiger partial charge in [0.05, 0.1) is 6.16 Å². The summed E-state index contributed by atoms with van der Waals surface area (Å²) in [4.78, 5) is 16.6. The number of terminal acetylenes is 1. The summed E-state index contributed by atoms with van der Waals surface area (Å²) >= 11 is 0. The van der Waals surface area contributed by atoms with Gasteiger partial charge in [-0.1, -0.05) is 0 Å². The van der Waals surface area contributed by atoms with E-state index in [9.17, 15) is 4.57 Å². The van der Waals surface area contributed by atoms with Crippen molar-refractivity contribution in [2.75, 3.05) is 6.16 Å². The molecule has 0 saturated carbocycles. The second-order valence-electron chi connectivity index (χ2n) is 1.70. The van der Waals surface area contributed by atoms with Crippen LogP contribution in [0.3, 0.4) is 0 Å². The zero-order valence-electron chi connectivity index (χ0n) is 4.95. The highest BCUT2D eigenvalue weighted by molar-refractivity contribution is 7.51. The molecule has 0 rings (SSSR count). The highest BCUT2D eigenvalue weighted by atomic mass is 31.2. The van der Waals surface area contributed by atoms with E-state index >= 15 is 0 Å². The van der Waals surface area contributed by atoms with Gasteiger partial charge < -0.3 is 9.79 Å². The van der Waals surface area contributed by atoms with Gasteiger partial charge in [0.15, 0.2) is 0 Å². The first kappa shape index (κ1) is 8.71. The largest absolute Gasteiger partial charge is 0.325 e. The predicted molar refractivity (Wildman–Crippen MR) is 35.0 cm³/mol. The van der Waals surface area contributed by atoms with Gasteiger partial charge in [-0.05, 0) is 6.42 Å². The molecule has 0 aromatic rings. The molecule has 0 fully saturated rings. The fourth-order valence-corrected chi connectivity index (χ4v) is 0.957. The zero-order valence-corrected chi connectivity index (χ0v) is 5.84. The summed E-state index contributed by atoms with van der Waals surface area (Å²) in [6, 6.07) is 0. The second kappa shape index (κ2) is 3.68. The molecular formula is C5H9O3P. The first-order chi connectivity index (χ1) is 4.06. The first-order valence-electron chi connectivity index (χ1n) is 2.54. The van der Waals surface area contributed by atoms with Crippen LogP contribution in [0.5, 0.6) is 0 Å².